The molecule has 1 amide bonds. The highest BCUT2D eigenvalue weighted by Gasteiger charge is 2.15. The van der Waals surface area contributed by atoms with E-state index in [4.69, 9.17) is 5.11 Å². The van der Waals surface area contributed by atoms with Crippen LogP contribution in [0.3, 0.4) is 0 Å². The van der Waals surface area contributed by atoms with Gasteiger partial charge in [0.2, 0.25) is 0 Å². The number of carbonyl (C=O) groups is 2. The van der Waals surface area contributed by atoms with Crippen molar-refractivity contribution in [3.8, 4) is 11.8 Å². The molecule has 0 atom stereocenters. The Morgan fingerprint density at radius 1 is 1.09 bits per heavy atom. The molecular formula is C26H25N3O3. The fraction of sp³-hybridized carbons (Fsp3) is 0.192. The fourth-order valence-electron chi connectivity index (χ4n) is 3.57. The van der Waals surface area contributed by atoms with Gasteiger partial charge in [0.15, 0.2) is 0 Å². The molecular weight excluding hydrogens is 402 g/mol. The molecule has 0 radical (unpaired) electrons. The van der Waals surface area contributed by atoms with Gasteiger partial charge in [0.25, 0.3) is 5.91 Å². The zero-order valence-corrected chi connectivity index (χ0v) is 18.5. The van der Waals surface area contributed by atoms with Crippen molar-refractivity contribution in [1.82, 2.24) is 4.57 Å². The number of aryl methyl sites for hydroxylation is 1. The SMILES string of the molecule is Cc1cc(C=C(C#N)C(=O)Nc2cccc(C(=O)O)c2)c(C)n1-c1ccc(C(C)C)cc1. The van der Waals surface area contributed by atoms with Crippen molar-refractivity contribution >= 4 is 23.6 Å². The molecule has 0 aliphatic heterocycles. The Hall–Kier alpha value is -4.11. The maximum absolute atomic E-state index is 12.6. The van der Waals surface area contributed by atoms with Gasteiger partial charge in [0, 0.05) is 22.8 Å². The van der Waals surface area contributed by atoms with Gasteiger partial charge in [-0.3, -0.25) is 4.79 Å². The molecule has 0 bridgehead atoms. The summed E-state index contributed by atoms with van der Waals surface area (Å²) in [5.74, 6) is -1.24. The molecule has 1 heterocycles. The lowest BCUT2D eigenvalue weighted by molar-refractivity contribution is -0.112. The largest absolute Gasteiger partial charge is 0.478 e. The molecule has 0 saturated carbocycles. The molecule has 6 heteroatoms. The molecule has 3 aromatic rings. The van der Waals surface area contributed by atoms with Crippen molar-refractivity contribution in [3.63, 3.8) is 0 Å². The highest BCUT2D eigenvalue weighted by Crippen LogP contribution is 2.25. The van der Waals surface area contributed by atoms with Crippen LogP contribution in [0.4, 0.5) is 5.69 Å². The van der Waals surface area contributed by atoms with Crippen LogP contribution in [0.15, 0.2) is 60.2 Å². The molecule has 2 aromatic carbocycles. The van der Waals surface area contributed by atoms with Gasteiger partial charge in [0.05, 0.1) is 5.56 Å². The van der Waals surface area contributed by atoms with Crippen LogP contribution in [-0.2, 0) is 4.79 Å². The van der Waals surface area contributed by atoms with E-state index in [-0.39, 0.29) is 11.1 Å². The van der Waals surface area contributed by atoms with Crippen LogP contribution < -0.4 is 5.32 Å². The predicted octanol–water partition coefficient (Wildman–Crippen LogP) is 5.46. The maximum atomic E-state index is 12.6. The Kier molecular flexibility index (Phi) is 6.60. The number of nitrogens with zero attached hydrogens (tertiary/aromatic N) is 2. The third-order valence-electron chi connectivity index (χ3n) is 5.32. The molecule has 3 rings (SSSR count). The zero-order valence-electron chi connectivity index (χ0n) is 18.5. The van der Waals surface area contributed by atoms with Crippen LogP contribution in [0.2, 0.25) is 0 Å². The smallest absolute Gasteiger partial charge is 0.335 e. The van der Waals surface area contributed by atoms with E-state index in [2.05, 4.69) is 48.0 Å². The van der Waals surface area contributed by atoms with Crippen LogP contribution in [0.5, 0.6) is 0 Å². The first-order chi connectivity index (χ1) is 15.2. The fourth-order valence-corrected chi connectivity index (χ4v) is 3.57. The number of nitriles is 1. The van der Waals surface area contributed by atoms with Crippen molar-refractivity contribution in [3.05, 3.63) is 88.2 Å². The second-order valence-corrected chi connectivity index (χ2v) is 7.92. The molecule has 0 spiro atoms. The summed E-state index contributed by atoms with van der Waals surface area (Å²) in [5, 5.41) is 21.3. The lowest BCUT2D eigenvalue weighted by Gasteiger charge is -2.12. The number of aromatic nitrogens is 1. The summed E-state index contributed by atoms with van der Waals surface area (Å²) in [6, 6.07) is 18.1. The van der Waals surface area contributed by atoms with Gasteiger partial charge >= 0.3 is 5.97 Å². The van der Waals surface area contributed by atoms with E-state index in [9.17, 15) is 14.9 Å². The number of hydrogen-bond acceptors (Lipinski definition) is 3. The topological polar surface area (TPSA) is 95.1 Å². The van der Waals surface area contributed by atoms with E-state index < -0.39 is 11.9 Å². The second-order valence-electron chi connectivity index (χ2n) is 7.92. The first-order valence-electron chi connectivity index (χ1n) is 10.3. The highest BCUT2D eigenvalue weighted by atomic mass is 16.4. The van der Waals surface area contributed by atoms with E-state index in [0.717, 1.165) is 22.6 Å². The van der Waals surface area contributed by atoms with Gasteiger partial charge in [-0.25, -0.2) is 4.79 Å². The summed E-state index contributed by atoms with van der Waals surface area (Å²) in [4.78, 5) is 23.8. The minimum absolute atomic E-state index is 0.0531. The van der Waals surface area contributed by atoms with Gasteiger partial charge in [-0.05, 0) is 73.4 Å². The Morgan fingerprint density at radius 2 is 1.78 bits per heavy atom. The molecule has 2 N–H and O–H groups in total. The van der Waals surface area contributed by atoms with Crippen LogP contribution in [-0.4, -0.2) is 21.6 Å². The van der Waals surface area contributed by atoms with Crippen molar-refractivity contribution in [2.24, 2.45) is 0 Å². The van der Waals surface area contributed by atoms with Crippen molar-refractivity contribution in [1.29, 1.82) is 5.26 Å². The van der Waals surface area contributed by atoms with E-state index >= 15 is 0 Å². The molecule has 0 fully saturated rings. The molecule has 0 saturated heterocycles. The number of rotatable bonds is 6. The number of amides is 1. The summed E-state index contributed by atoms with van der Waals surface area (Å²) >= 11 is 0. The van der Waals surface area contributed by atoms with Gasteiger partial charge < -0.3 is 15.0 Å². The molecule has 162 valence electrons. The van der Waals surface area contributed by atoms with E-state index in [0.29, 0.717) is 11.6 Å². The number of nitrogens with one attached hydrogen (secondary N) is 1. The number of hydrogen-bond donors (Lipinski definition) is 2. The third kappa shape index (κ3) is 4.79. The minimum atomic E-state index is -1.09. The molecule has 0 aliphatic rings. The predicted molar refractivity (Wildman–Crippen MR) is 125 cm³/mol. The van der Waals surface area contributed by atoms with Crippen molar-refractivity contribution in [2.45, 2.75) is 33.6 Å². The van der Waals surface area contributed by atoms with Crippen LogP contribution in [0, 0.1) is 25.2 Å². The third-order valence-corrected chi connectivity index (χ3v) is 5.32. The first kappa shape index (κ1) is 22.6. The Morgan fingerprint density at radius 3 is 2.38 bits per heavy atom. The minimum Gasteiger partial charge on any atom is -0.478 e. The number of benzene rings is 2. The van der Waals surface area contributed by atoms with Crippen molar-refractivity contribution in [2.75, 3.05) is 5.32 Å². The Bertz CT molecular complexity index is 1240. The molecule has 1 aromatic heterocycles. The normalized spacial score (nSPS) is 11.3. The van der Waals surface area contributed by atoms with E-state index in [1.807, 2.05) is 26.0 Å². The summed E-state index contributed by atoms with van der Waals surface area (Å²) in [6.45, 7) is 8.22. The second kappa shape index (κ2) is 9.36. The van der Waals surface area contributed by atoms with Crippen LogP contribution >= 0.6 is 0 Å². The zero-order chi connectivity index (χ0) is 23.4. The maximum Gasteiger partial charge on any atom is 0.335 e. The number of aromatic carboxylic acids is 1. The van der Waals surface area contributed by atoms with Gasteiger partial charge in [-0.15, -0.1) is 0 Å². The molecule has 32 heavy (non-hydrogen) atoms. The Labute approximate surface area is 187 Å². The summed E-state index contributed by atoms with van der Waals surface area (Å²) in [5.41, 5.74) is 5.22. The summed E-state index contributed by atoms with van der Waals surface area (Å²) < 4.78 is 2.08. The monoisotopic (exact) mass is 427 g/mol. The quantitative estimate of drug-likeness (QED) is 0.403. The number of carbonyl (C=O) groups excluding carboxylic acids is 1. The highest BCUT2D eigenvalue weighted by molar-refractivity contribution is 6.10. The lowest BCUT2D eigenvalue weighted by atomic mass is 10.0. The van der Waals surface area contributed by atoms with Gasteiger partial charge in [0.1, 0.15) is 11.6 Å². The average Bonchev–Trinajstić information content (AvgIpc) is 3.04. The number of anilines is 1. The Balaban J connectivity index is 1.90. The lowest BCUT2D eigenvalue weighted by Crippen LogP contribution is -2.14. The number of carboxylic acids is 1. The summed E-state index contributed by atoms with van der Waals surface area (Å²) in [7, 11) is 0. The van der Waals surface area contributed by atoms with Crippen LogP contribution in [0.25, 0.3) is 11.8 Å². The van der Waals surface area contributed by atoms with Crippen molar-refractivity contribution < 1.29 is 14.7 Å². The van der Waals surface area contributed by atoms with Crippen LogP contribution in [0.1, 0.15) is 52.6 Å². The molecule has 0 aliphatic carbocycles. The number of carboxylic acid groups (broad SMARTS) is 1. The van der Waals surface area contributed by atoms with E-state index in [1.54, 1.807) is 12.1 Å². The van der Waals surface area contributed by atoms with Gasteiger partial charge in [-0.1, -0.05) is 32.0 Å². The van der Waals surface area contributed by atoms with E-state index in [1.165, 1.54) is 23.8 Å². The average molecular weight is 428 g/mol. The summed E-state index contributed by atoms with van der Waals surface area (Å²) in [6.07, 6.45) is 1.55. The first-order valence-corrected chi connectivity index (χ1v) is 10.3. The molecule has 6 nitrogen and oxygen atoms in total. The molecule has 0 unspecified atom stereocenters. The standard InChI is InChI=1S/C26H25N3O3/c1-16(2)19-8-10-24(11-9-19)29-17(3)12-21(18(29)4)13-22(15-27)25(30)28-23-7-5-6-20(14-23)26(31)32/h5-14,16H,1-4H3,(H,28,30)(H,31,32). The van der Waals surface area contributed by atoms with Gasteiger partial charge in [-0.2, -0.15) is 5.26 Å².